The molecule has 0 atom stereocenters. The van der Waals surface area contributed by atoms with Crippen LogP contribution in [0.1, 0.15) is 15.9 Å². The minimum Gasteiger partial charge on any atom is -0.480 e. The van der Waals surface area contributed by atoms with Gasteiger partial charge in [-0.2, -0.15) is 0 Å². The molecule has 0 aliphatic carbocycles. The van der Waals surface area contributed by atoms with Gasteiger partial charge in [-0.1, -0.05) is 36.3 Å². The van der Waals surface area contributed by atoms with E-state index < -0.39 is 4.92 Å². The van der Waals surface area contributed by atoms with Crippen molar-refractivity contribution >= 4 is 17.5 Å². The predicted octanol–water partition coefficient (Wildman–Crippen LogP) is 3.50. The molecule has 0 fully saturated rings. The number of carbonyl (C=O) groups excluding carboxylic acids is 1. The molecule has 0 radical (unpaired) electrons. The van der Waals surface area contributed by atoms with E-state index in [4.69, 9.17) is 11.2 Å². The Hall–Kier alpha value is -3.39. The number of hydrogen-bond acceptors (Lipinski definition) is 4. The molecule has 0 unspecified atom stereocenters. The second kappa shape index (κ2) is 7.57. The van der Waals surface area contributed by atoms with Crippen LogP contribution in [0.5, 0.6) is 5.75 Å². The van der Waals surface area contributed by atoms with E-state index in [-0.39, 0.29) is 18.1 Å². The van der Waals surface area contributed by atoms with Crippen molar-refractivity contribution in [1.29, 1.82) is 0 Å². The molecule has 0 aliphatic heterocycles. The number of allylic oxidation sites excluding steroid dienone is 1. The first-order valence-electron chi connectivity index (χ1n) is 6.74. The van der Waals surface area contributed by atoms with Gasteiger partial charge in [0.2, 0.25) is 0 Å². The topological polar surface area (TPSA) is 69.4 Å². The molecule has 2 rings (SSSR count). The highest BCUT2D eigenvalue weighted by molar-refractivity contribution is 6.06. The van der Waals surface area contributed by atoms with E-state index in [1.54, 1.807) is 24.3 Å². The van der Waals surface area contributed by atoms with Crippen LogP contribution >= 0.6 is 0 Å². The number of nitrogens with zero attached hydrogens (tertiary/aromatic N) is 1. The molecule has 2 aromatic carbocycles. The maximum Gasteiger partial charge on any atom is 0.270 e. The lowest BCUT2D eigenvalue weighted by Crippen LogP contribution is -1.98. The Bertz CT molecular complexity index is 788. The summed E-state index contributed by atoms with van der Waals surface area (Å²) in [7, 11) is 0. The summed E-state index contributed by atoms with van der Waals surface area (Å²) in [6, 6.07) is 12.8. The summed E-state index contributed by atoms with van der Waals surface area (Å²) in [5.41, 5.74) is 0.851. The van der Waals surface area contributed by atoms with Gasteiger partial charge in [0.25, 0.3) is 5.69 Å². The molecule has 0 spiro atoms. The molecule has 0 heterocycles. The second-order valence-electron chi connectivity index (χ2n) is 4.54. The van der Waals surface area contributed by atoms with Gasteiger partial charge in [-0.15, -0.1) is 6.42 Å². The zero-order chi connectivity index (χ0) is 16.7. The third kappa shape index (κ3) is 4.29. The molecule has 0 aromatic heterocycles. The van der Waals surface area contributed by atoms with Gasteiger partial charge in [-0.05, 0) is 18.2 Å². The van der Waals surface area contributed by atoms with Gasteiger partial charge in [-0.3, -0.25) is 14.9 Å². The van der Waals surface area contributed by atoms with E-state index in [0.717, 1.165) is 0 Å². The van der Waals surface area contributed by atoms with Crippen molar-refractivity contribution < 1.29 is 14.5 Å². The third-order valence-corrected chi connectivity index (χ3v) is 2.99. The Morgan fingerprint density at radius 3 is 2.65 bits per heavy atom. The molecule has 0 saturated carbocycles. The molecular formula is C18H13NO4. The lowest BCUT2D eigenvalue weighted by molar-refractivity contribution is -0.384. The quantitative estimate of drug-likeness (QED) is 0.269. The van der Waals surface area contributed by atoms with Crippen molar-refractivity contribution in [3.05, 3.63) is 75.8 Å². The second-order valence-corrected chi connectivity index (χ2v) is 4.54. The molecule has 0 saturated heterocycles. The number of non-ortho nitro benzene ring substituents is 1. The van der Waals surface area contributed by atoms with Crippen LogP contribution in [0, 0.1) is 22.5 Å². The molecule has 0 N–H and O–H groups in total. The number of nitro benzene ring substituents is 1. The number of hydrogen-bond donors (Lipinski definition) is 0. The van der Waals surface area contributed by atoms with Crippen LogP contribution < -0.4 is 4.74 Å². The number of ketones is 1. The van der Waals surface area contributed by atoms with E-state index in [2.05, 4.69) is 5.92 Å². The molecule has 23 heavy (non-hydrogen) atoms. The third-order valence-electron chi connectivity index (χ3n) is 2.99. The van der Waals surface area contributed by atoms with Crippen molar-refractivity contribution in [2.75, 3.05) is 6.61 Å². The lowest BCUT2D eigenvalue weighted by Gasteiger charge is -2.06. The van der Waals surface area contributed by atoms with Crippen LogP contribution in [0.2, 0.25) is 0 Å². The lowest BCUT2D eigenvalue weighted by atomic mass is 10.1. The number of carbonyl (C=O) groups is 1. The maximum atomic E-state index is 12.1. The molecule has 0 amide bonds. The molecule has 5 nitrogen and oxygen atoms in total. The smallest absolute Gasteiger partial charge is 0.270 e. The zero-order valence-corrected chi connectivity index (χ0v) is 12.1. The summed E-state index contributed by atoms with van der Waals surface area (Å²) >= 11 is 0. The van der Waals surface area contributed by atoms with Crippen molar-refractivity contribution in [2.24, 2.45) is 0 Å². The Morgan fingerprint density at radius 2 is 2.00 bits per heavy atom. The fraction of sp³-hybridized carbons (Fsp3) is 0.0556. The van der Waals surface area contributed by atoms with Gasteiger partial charge in [0.15, 0.2) is 5.78 Å². The fourth-order valence-corrected chi connectivity index (χ4v) is 1.89. The first kappa shape index (κ1) is 16.0. The molecular weight excluding hydrogens is 294 g/mol. The van der Waals surface area contributed by atoms with Crippen LogP contribution in [0.25, 0.3) is 6.08 Å². The van der Waals surface area contributed by atoms with Crippen molar-refractivity contribution in [3.63, 3.8) is 0 Å². The first-order chi connectivity index (χ1) is 11.1. The summed E-state index contributed by atoms with van der Waals surface area (Å²) in [4.78, 5) is 22.4. The molecule has 0 bridgehead atoms. The Balaban J connectivity index is 2.30. The van der Waals surface area contributed by atoms with Crippen molar-refractivity contribution in [1.82, 2.24) is 0 Å². The monoisotopic (exact) mass is 307 g/mol. The highest BCUT2D eigenvalue weighted by Gasteiger charge is 2.10. The van der Waals surface area contributed by atoms with Crippen LogP contribution in [0.4, 0.5) is 5.69 Å². The minimum absolute atomic E-state index is 0.0330. The molecule has 114 valence electrons. The predicted molar refractivity (Wildman–Crippen MR) is 87.2 cm³/mol. The van der Waals surface area contributed by atoms with E-state index in [0.29, 0.717) is 16.9 Å². The Labute approximate surface area is 133 Å². The van der Waals surface area contributed by atoms with E-state index in [1.165, 1.54) is 30.4 Å². The van der Waals surface area contributed by atoms with E-state index in [9.17, 15) is 14.9 Å². The minimum atomic E-state index is -0.513. The van der Waals surface area contributed by atoms with Gasteiger partial charge in [-0.25, -0.2) is 0 Å². The van der Waals surface area contributed by atoms with Gasteiger partial charge < -0.3 is 4.74 Å². The standard InChI is InChI=1S/C18H13NO4/c1-2-12-23-18-11-9-16(19(21)22)13-15(18)8-10-17(20)14-6-4-3-5-7-14/h1,3-11,13H,12H2/b10-8+. The number of rotatable bonds is 6. The number of terminal acetylenes is 1. The summed E-state index contributed by atoms with van der Waals surface area (Å²) in [5, 5.41) is 10.9. The summed E-state index contributed by atoms with van der Waals surface area (Å²) in [5.74, 6) is 2.50. The zero-order valence-electron chi connectivity index (χ0n) is 12.1. The molecule has 5 heteroatoms. The summed E-state index contributed by atoms with van der Waals surface area (Å²) in [6.07, 6.45) is 7.97. The van der Waals surface area contributed by atoms with Gasteiger partial charge in [0, 0.05) is 23.3 Å². The van der Waals surface area contributed by atoms with Gasteiger partial charge in [0.1, 0.15) is 12.4 Å². The van der Waals surface area contributed by atoms with Crippen molar-refractivity contribution in [2.45, 2.75) is 0 Å². The van der Waals surface area contributed by atoms with Crippen LogP contribution in [-0.4, -0.2) is 17.3 Å². The average Bonchev–Trinajstić information content (AvgIpc) is 2.58. The molecule has 2 aromatic rings. The molecule has 0 aliphatic rings. The largest absolute Gasteiger partial charge is 0.480 e. The average molecular weight is 307 g/mol. The highest BCUT2D eigenvalue weighted by atomic mass is 16.6. The number of ether oxygens (including phenoxy) is 1. The first-order valence-corrected chi connectivity index (χ1v) is 6.74. The fourth-order valence-electron chi connectivity index (χ4n) is 1.89. The summed E-state index contributed by atoms with van der Waals surface area (Å²) in [6.45, 7) is 0.0330. The Morgan fingerprint density at radius 1 is 1.26 bits per heavy atom. The van der Waals surface area contributed by atoms with Crippen LogP contribution in [-0.2, 0) is 0 Å². The highest BCUT2D eigenvalue weighted by Crippen LogP contribution is 2.25. The maximum absolute atomic E-state index is 12.1. The van der Waals surface area contributed by atoms with Crippen molar-refractivity contribution in [3.8, 4) is 18.1 Å². The number of benzene rings is 2. The van der Waals surface area contributed by atoms with Crippen LogP contribution in [0.3, 0.4) is 0 Å². The normalized spacial score (nSPS) is 10.2. The van der Waals surface area contributed by atoms with Crippen LogP contribution in [0.15, 0.2) is 54.6 Å². The number of nitro groups is 1. The van der Waals surface area contributed by atoms with Gasteiger partial charge in [0.05, 0.1) is 4.92 Å². The van der Waals surface area contributed by atoms with Gasteiger partial charge >= 0.3 is 0 Å². The SMILES string of the molecule is C#CCOc1ccc([N+](=O)[O-])cc1/C=C/C(=O)c1ccccc1. The van der Waals surface area contributed by atoms with E-state index in [1.807, 2.05) is 6.07 Å². The van der Waals surface area contributed by atoms with E-state index >= 15 is 0 Å². The summed E-state index contributed by atoms with van der Waals surface area (Å²) < 4.78 is 5.34. The Kier molecular flexibility index (Phi) is 5.26.